The van der Waals surface area contributed by atoms with E-state index in [4.69, 9.17) is 11.6 Å². The molecule has 9 heteroatoms. The van der Waals surface area contributed by atoms with Crippen LogP contribution in [0.3, 0.4) is 0 Å². The molecule has 2 aromatic rings. The minimum absolute atomic E-state index is 0.00874. The summed E-state index contributed by atoms with van der Waals surface area (Å²) in [7, 11) is 1.83. The third-order valence-electron chi connectivity index (χ3n) is 9.42. The van der Waals surface area contributed by atoms with Gasteiger partial charge in [0.2, 0.25) is 5.91 Å². The van der Waals surface area contributed by atoms with Gasteiger partial charge in [-0.05, 0) is 43.7 Å². The van der Waals surface area contributed by atoms with Gasteiger partial charge < -0.3 is 15.1 Å². The molecule has 2 aliphatic heterocycles. The highest BCUT2D eigenvalue weighted by Crippen LogP contribution is 2.49. The van der Waals surface area contributed by atoms with E-state index in [2.05, 4.69) is 15.5 Å². The van der Waals surface area contributed by atoms with Gasteiger partial charge in [-0.25, -0.2) is 4.39 Å². The zero-order valence-electron chi connectivity index (χ0n) is 22.8. The lowest BCUT2D eigenvalue weighted by molar-refractivity contribution is -0.133. The number of nitrogens with one attached hydrogen (secondary N) is 2. The number of halogens is 2. The number of carbonyl (C=O) groups is 2. The van der Waals surface area contributed by atoms with Gasteiger partial charge in [0.1, 0.15) is 11.9 Å². The molecule has 7 nitrogen and oxygen atoms in total. The summed E-state index contributed by atoms with van der Waals surface area (Å²) >= 11 is 6.61. The van der Waals surface area contributed by atoms with E-state index in [1.54, 1.807) is 11.0 Å². The summed E-state index contributed by atoms with van der Waals surface area (Å²) in [6, 6.07) is 2.90. The minimum Gasteiger partial charge on any atom is -0.373 e. The third-order valence-corrected chi connectivity index (χ3v) is 9.81. The smallest absolute Gasteiger partial charge is 0.274 e. The van der Waals surface area contributed by atoms with Crippen LogP contribution in [0.25, 0.3) is 0 Å². The van der Waals surface area contributed by atoms with Crippen molar-refractivity contribution >= 4 is 29.1 Å². The van der Waals surface area contributed by atoms with Gasteiger partial charge in [0.05, 0.1) is 5.02 Å². The maximum atomic E-state index is 14.7. The maximum absolute atomic E-state index is 14.7. The van der Waals surface area contributed by atoms with E-state index in [1.165, 1.54) is 38.2 Å². The van der Waals surface area contributed by atoms with Crippen LogP contribution in [0.1, 0.15) is 104 Å². The van der Waals surface area contributed by atoms with Crippen LogP contribution in [0.2, 0.25) is 5.02 Å². The standard InChI is InChI=1S/C30H39ClFN5O2/c1-36(19-11-12-19)29(38)27-20-17-37(16-15-22(20)34-35-27)30(39)28-24(18-9-7-5-3-2-4-6-8-10-18)25-23(33-28)14-13-21(32)26(25)31/h13-14,18-19,24,28,33H,2-12,15-17H2,1H3,(H,34,35). The number of benzene rings is 1. The second-order valence-electron chi connectivity index (χ2n) is 12.0. The molecule has 4 aliphatic rings. The van der Waals surface area contributed by atoms with Gasteiger partial charge in [-0.15, -0.1) is 0 Å². The lowest BCUT2D eigenvalue weighted by Gasteiger charge is -2.34. The fourth-order valence-electron chi connectivity index (χ4n) is 7.02. The van der Waals surface area contributed by atoms with E-state index < -0.39 is 11.9 Å². The van der Waals surface area contributed by atoms with Gasteiger partial charge in [-0.1, -0.05) is 56.5 Å². The molecule has 1 aromatic heterocycles. The molecule has 2 aliphatic carbocycles. The Hall–Kier alpha value is -2.61. The van der Waals surface area contributed by atoms with E-state index in [0.29, 0.717) is 25.2 Å². The first-order valence-corrected chi connectivity index (χ1v) is 15.2. The Bertz CT molecular complexity index is 1230. The van der Waals surface area contributed by atoms with E-state index in [-0.39, 0.29) is 34.7 Å². The molecule has 2 unspecified atom stereocenters. The number of rotatable bonds is 4. The Kier molecular flexibility index (Phi) is 7.58. The predicted molar refractivity (Wildman–Crippen MR) is 149 cm³/mol. The second kappa shape index (κ2) is 11.1. The molecule has 2 amide bonds. The first kappa shape index (κ1) is 26.6. The molecular formula is C30H39ClFN5O2. The summed E-state index contributed by atoms with van der Waals surface area (Å²) in [4.78, 5) is 31.0. The molecule has 2 N–H and O–H groups in total. The Morgan fingerprint density at radius 1 is 1.05 bits per heavy atom. The molecule has 2 fully saturated rings. The quantitative estimate of drug-likeness (QED) is 0.482. The number of H-pyrrole nitrogens is 1. The molecular weight excluding hydrogens is 517 g/mol. The van der Waals surface area contributed by atoms with Gasteiger partial charge >= 0.3 is 0 Å². The first-order chi connectivity index (χ1) is 18.9. The minimum atomic E-state index is -0.506. The first-order valence-electron chi connectivity index (χ1n) is 14.8. The zero-order chi connectivity index (χ0) is 27.1. The van der Waals surface area contributed by atoms with Crippen molar-refractivity contribution in [2.45, 2.75) is 102 Å². The van der Waals surface area contributed by atoms with Gasteiger partial charge in [-0.3, -0.25) is 14.7 Å². The third kappa shape index (κ3) is 5.17. The van der Waals surface area contributed by atoms with Crippen LogP contribution in [0.5, 0.6) is 0 Å². The monoisotopic (exact) mass is 555 g/mol. The summed E-state index contributed by atoms with van der Waals surface area (Å²) in [5.41, 5.74) is 3.71. The number of carbonyl (C=O) groups excluding carboxylic acids is 2. The van der Waals surface area contributed by atoms with E-state index in [9.17, 15) is 14.0 Å². The van der Waals surface area contributed by atoms with E-state index in [1.807, 2.05) is 11.9 Å². The van der Waals surface area contributed by atoms with Crippen LogP contribution in [0.15, 0.2) is 12.1 Å². The molecule has 3 heterocycles. The molecule has 2 atom stereocenters. The van der Waals surface area contributed by atoms with E-state index in [0.717, 1.165) is 61.0 Å². The number of amides is 2. The van der Waals surface area contributed by atoms with Crippen molar-refractivity contribution in [1.29, 1.82) is 0 Å². The number of nitrogens with zero attached hydrogens (tertiary/aromatic N) is 3. The van der Waals surface area contributed by atoms with Crippen LogP contribution >= 0.6 is 11.6 Å². The summed E-state index contributed by atoms with van der Waals surface area (Å²) in [6.07, 6.45) is 13.1. The second-order valence-corrected chi connectivity index (χ2v) is 12.3. The van der Waals surface area contributed by atoms with Crippen molar-refractivity contribution in [1.82, 2.24) is 20.0 Å². The number of hydrogen-bond acceptors (Lipinski definition) is 4. The Labute approximate surface area is 234 Å². The topological polar surface area (TPSA) is 81.3 Å². The maximum Gasteiger partial charge on any atom is 0.274 e. The van der Waals surface area contributed by atoms with Crippen molar-refractivity contribution in [2.24, 2.45) is 5.92 Å². The van der Waals surface area contributed by atoms with Gasteiger partial charge in [0.15, 0.2) is 5.69 Å². The largest absolute Gasteiger partial charge is 0.373 e. The van der Waals surface area contributed by atoms with Crippen molar-refractivity contribution in [3.8, 4) is 0 Å². The number of aromatic amines is 1. The van der Waals surface area contributed by atoms with Crippen LogP contribution in [-0.4, -0.2) is 57.5 Å². The van der Waals surface area contributed by atoms with Gasteiger partial charge in [-0.2, -0.15) is 5.10 Å². The van der Waals surface area contributed by atoms with Gasteiger partial charge in [0, 0.05) is 61.0 Å². The molecule has 6 rings (SSSR count). The highest BCUT2D eigenvalue weighted by molar-refractivity contribution is 6.32. The summed E-state index contributed by atoms with van der Waals surface area (Å²) < 4.78 is 14.7. The predicted octanol–water partition coefficient (Wildman–Crippen LogP) is 6.04. The van der Waals surface area contributed by atoms with Crippen LogP contribution < -0.4 is 5.32 Å². The Morgan fingerprint density at radius 2 is 1.74 bits per heavy atom. The number of aromatic nitrogens is 2. The molecule has 0 bridgehead atoms. The zero-order valence-corrected chi connectivity index (χ0v) is 23.5. The van der Waals surface area contributed by atoms with Crippen LogP contribution in [0, 0.1) is 11.7 Å². The Morgan fingerprint density at radius 3 is 2.44 bits per heavy atom. The lowest BCUT2D eigenvalue weighted by Crippen LogP contribution is -2.47. The number of fused-ring (bicyclic) bond motifs is 2. The SMILES string of the molecule is CN(C(=O)c1n[nH]c2c1CN(C(=O)C1Nc3ccc(F)c(Cl)c3C1C1CCCCCCCCC1)CC2)C1CC1. The van der Waals surface area contributed by atoms with Crippen molar-refractivity contribution < 1.29 is 14.0 Å². The molecule has 1 aromatic carbocycles. The average molecular weight is 556 g/mol. The summed E-state index contributed by atoms with van der Waals surface area (Å²) in [6.45, 7) is 0.895. The molecule has 2 saturated carbocycles. The molecule has 39 heavy (non-hydrogen) atoms. The van der Waals surface area contributed by atoms with Crippen LogP contribution in [-0.2, 0) is 17.8 Å². The number of hydrogen-bond donors (Lipinski definition) is 2. The highest BCUT2D eigenvalue weighted by Gasteiger charge is 2.45. The summed E-state index contributed by atoms with van der Waals surface area (Å²) in [5, 5.41) is 11.0. The molecule has 210 valence electrons. The number of anilines is 1. The van der Waals surface area contributed by atoms with Crippen molar-refractivity contribution in [2.75, 3.05) is 18.9 Å². The molecule has 0 saturated heterocycles. The lowest BCUT2D eigenvalue weighted by atomic mass is 9.76. The summed E-state index contributed by atoms with van der Waals surface area (Å²) in [5.74, 6) is -0.450. The van der Waals surface area contributed by atoms with E-state index >= 15 is 0 Å². The van der Waals surface area contributed by atoms with Crippen LogP contribution in [0.4, 0.5) is 10.1 Å². The average Bonchev–Trinajstić information content (AvgIpc) is 3.60. The van der Waals surface area contributed by atoms with Crippen molar-refractivity contribution in [3.05, 3.63) is 45.5 Å². The molecule has 0 spiro atoms. The van der Waals surface area contributed by atoms with Gasteiger partial charge in [0.25, 0.3) is 5.91 Å². The van der Waals surface area contributed by atoms with Crippen molar-refractivity contribution in [3.63, 3.8) is 0 Å². The fourth-order valence-corrected chi connectivity index (χ4v) is 7.31. The fraction of sp³-hybridized carbons (Fsp3) is 0.633. The molecule has 0 radical (unpaired) electrons. The highest BCUT2D eigenvalue weighted by atomic mass is 35.5. The Balaban J connectivity index is 1.27. The normalized spacial score (nSPS) is 24.0.